The molecule has 0 aromatic heterocycles. The summed E-state index contributed by atoms with van der Waals surface area (Å²) in [4.78, 5) is 4.46. The van der Waals surface area contributed by atoms with E-state index >= 15 is 0 Å². The van der Waals surface area contributed by atoms with E-state index < -0.39 is 0 Å². The Morgan fingerprint density at radius 2 is 1.24 bits per heavy atom. The third kappa shape index (κ3) is 13.1. The Morgan fingerprint density at radius 1 is 0.720 bits per heavy atom. The van der Waals surface area contributed by atoms with Gasteiger partial charge in [-0.15, -0.1) is 0 Å². The average Bonchev–Trinajstić information content (AvgIpc) is 3.02. The molecule has 0 spiro atoms. The second-order valence-electron chi connectivity index (χ2n) is 7.67. The van der Waals surface area contributed by atoms with Crippen LogP contribution in [0.4, 0.5) is 0 Å². The maximum absolute atomic E-state index is 4.46. The van der Waals surface area contributed by atoms with E-state index in [9.17, 15) is 0 Å². The lowest BCUT2D eigenvalue weighted by molar-refractivity contribution is 0.571. The van der Waals surface area contributed by atoms with Crippen molar-refractivity contribution >= 4 is 5.71 Å². The van der Waals surface area contributed by atoms with Gasteiger partial charge < -0.3 is 0 Å². The Labute approximate surface area is 158 Å². The van der Waals surface area contributed by atoms with Crippen molar-refractivity contribution in [1.82, 2.24) is 0 Å². The molecule has 0 aliphatic carbocycles. The lowest BCUT2D eigenvalue weighted by Gasteiger charge is -2.02. The van der Waals surface area contributed by atoms with Crippen LogP contribution >= 0.6 is 0 Å². The number of rotatable bonds is 16. The quantitative estimate of drug-likeness (QED) is 0.197. The fourth-order valence-corrected chi connectivity index (χ4v) is 3.54. The molecule has 1 aliphatic heterocycles. The van der Waals surface area contributed by atoms with Crippen LogP contribution in [0.25, 0.3) is 0 Å². The van der Waals surface area contributed by atoms with Crippen molar-refractivity contribution in [1.29, 1.82) is 0 Å². The Hall–Kier alpha value is -0.850. The lowest BCUT2D eigenvalue weighted by Crippen LogP contribution is -1.89. The molecule has 0 unspecified atom stereocenters. The van der Waals surface area contributed by atoms with Crippen LogP contribution in [0.3, 0.4) is 0 Å². The topological polar surface area (TPSA) is 12.4 Å². The number of allylic oxidation sites excluding steroid dienone is 3. The van der Waals surface area contributed by atoms with Crippen LogP contribution in [0.5, 0.6) is 0 Å². The zero-order valence-corrected chi connectivity index (χ0v) is 17.2. The fourth-order valence-electron chi connectivity index (χ4n) is 3.54. The van der Waals surface area contributed by atoms with Gasteiger partial charge in [-0.2, -0.15) is 0 Å². The minimum Gasteiger partial charge on any atom is -0.289 e. The molecule has 0 saturated carbocycles. The van der Waals surface area contributed by atoms with Gasteiger partial charge in [-0.05, 0) is 57.4 Å². The van der Waals surface area contributed by atoms with E-state index in [1.54, 1.807) is 0 Å². The lowest BCUT2D eigenvalue weighted by atomic mass is 10.0. The van der Waals surface area contributed by atoms with Gasteiger partial charge in [-0.3, -0.25) is 4.99 Å². The van der Waals surface area contributed by atoms with Crippen molar-refractivity contribution < 1.29 is 0 Å². The van der Waals surface area contributed by atoms with Gasteiger partial charge >= 0.3 is 0 Å². The first-order chi connectivity index (χ1) is 12.3. The average molecular weight is 346 g/mol. The van der Waals surface area contributed by atoms with E-state index in [0.29, 0.717) is 0 Å². The van der Waals surface area contributed by atoms with E-state index in [0.717, 1.165) is 6.54 Å². The molecule has 0 aromatic carbocycles. The molecule has 1 heterocycles. The standard InChI is InChI=1S/C24H43N/c1-3-4-5-6-7-8-9-10-11-12-13-14-15-16-17-18-19-20-24-21-22-25-23(24)2/h8-9,20H,3-7,10-19,21-22H2,1-2H3/b9-8-,24-20-. The van der Waals surface area contributed by atoms with Gasteiger partial charge in [-0.25, -0.2) is 0 Å². The molecule has 25 heavy (non-hydrogen) atoms. The van der Waals surface area contributed by atoms with Crippen molar-refractivity contribution in [3.8, 4) is 0 Å². The molecule has 0 amide bonds. The third-order valence-electron chi connectivity index (χ3n) is 5.30. The molecule has 144 valence electrons. The molecular weight excluding hydrogens is 302 g/mol. The molecular formula is C24H43N. The zero-order valence-electron chi connectivity index (χ0n) is 17.2. The Bertz CT molecular complexity index is 389. The van der Waals surface area contributed by atoms with Gasteiger partial charge in [-0.1, -0.05) is 82.9 Å². The first kappa shape index (κ1) is 22.2. The smallest absolute Gasteiger partial charge is 0.0433 e. The van der Waals surface area contributed by atoms with Crippen molar-refractivity contribution in [2.24, 2.45) is 4.99 Å². The summed E-state index contributed by atoms with van der Waals surface area (Å²) < 4.78 is 0. The van der Waals surface area contributed by atoms with Gasteiger partial charge in [0.25, 0.3) is 0 Å². The minimum absolute atomic E-state index is 1.02. The van der Waals surface area contributed by atoms with Crippen LogP contribution in [0, 0.1) is 0 Å². The summed E-state index contributed by atoms with van der Waals surface area (Å²) >= 11 is 0. The summed E-state index contributed by atoms with van der Waals surface area (Å²) in [5, 5.41) is 0. The normalized spacial score (nSPS) is 16.2. The fraction of sp³-hybridized carbons (Fsp3) is 0.792. The highest BCUT2D eigenvalue weighted by Gasteiger charge is 2.06. The number of aliphatic imine (C=N–C) groups is 1. The largest absolute Gasteiger partial charge is 0.289 e. The number of hydrogen-bond acceptors (Lipinski definition) is 1. The van der Waals surface area contributed by atoms with Gasteiger partial charge in [0.15, 0.2) is 0 Å². The summed E-state index contributed by atoms with van der Waals surface area (Å²) in [7, 11) is 0. The summed E-state index contributed by atoms with van der Waals surface area (Å²) in [5.41, 5.74) is 2.79. The van der Waals surface area contributed by atoms with Crippen LogP contribution in [0.1, 0.15) is 117 Å². The van der Waals surface area contributed by atoms with Gasteiger partial charge in [0.2, 0.25) is 0 Å². The maximum Gasteiger partial charge on any atom is 0.0433 e. The highest BCUT2D eigenvalue weighted by atomic mass is 14.8. The first-order valence-electron chi connectivity index (χ1n) is 11.2. The molecule has 0 saturated heterocycles. The van der Waals surface area contributed by atoms with Crippen LogP contribution in [-0.2, 0) is 0 Å². The predicted molar refractivity (Wildman–Crippen MR) is 115 cm³/mol. The summed E-state index contributed by atoms with van der Waals surface area (Å²) in [6.45, 7) is 5.45. The third-order valence-corrected chi connectivity index (χ3v) is 5.30. The van der Waals surface area contributed by atoms with Crippen LogP contribution in [0.2, 0.25) is 0 Å². The molecule has 0 atom stereocenters. The molecule has 0 fully saturated rings. The molecule has 0 bridgehead atoms. The molecule has 1 aliphatic rings. The van der Waals surface area contributed by atoms with Crippen LogP contribution < -0.4 is 0 Å². The van der Waals surface area contributed by atoms with Gasteiger partial charge in [0, 0.05) is 12.3 Å². The second kappa shape index (κ2) is 16.6. The monoisotopic (exact) mass is 345 g/mol. The zero-order chi connectivity index (χ0) is 18.0. The molecule has 0 N–H and O–H groups in total. The van der Waals surface area contributed by atoms with Gasteiger partial charge in [0.05, 0.1) is 0 Å². The van der Waals surface area contributed by atoms with Crippen LogP contribution in [-0.4, -0.2) is 12.3 Å². The molecule has 0 aromatic rings. The van der Waals surface area contributed by atoms with E-state index in [4.69, 9.17) is 0 Å². The van der Waals surface area contributed by atoms with E-state index in [1.165, 1.54) is 114 Å². The Balaban J connectivity index is 1.76. The van der Waals surface area contributed by atoms with E-state index in [2.05, 4.69) is 37.1 Å². The molecule has 1 rings (SSSR count). The summed E-state index contributed by atoms with van der Waals surface area (Å²) in [5.74, 6) is 0. The number of hydrogen-bond donors (Lipinski definition) is 0. The number of unbranched alkanes of at least 4 members (excludes halogenated alkanes) is 13. The van der Waals surface area contributed by atoms with Crippen molar-refractivity contribution in [3.05, 3.63) is 23.8 Å². The van der Waals surface area contributed by atoms with Crippen molar-refractivity contribution in [2.45, 2.75) is 117 Å². The number of nitrogens with zero attached hydrogens (tertiary/aromatic N) is 1. The molecule has 0 radical (unpaired) electrons. The van der Waals surface area contributed by atoms with Crippen molar-refractivity contribution in [2.75, 3.05) is 6.54 Å². The predicted octanol–water partition coefficient (Wildman–Crippen LogP) is 8.21. The molecule has 1 heteroatoms. The van der Waals surface area contributed by atoms with Gasteiger partial charge in [0.1, 0.15) is 0 Å². The summed E-state index contributed by atoms with van der Waals surface area (Å²) in [6.07, 6.45) is 29.1. The Morgan fingerprint density at radius 3 is 1.76 bits per heavy atom. The van der Waals surface area contributed by atoms with E-state index in [1.807, 2.05) is 0 Å². The highest BCUT2D eigenvalue weighted by Crippen LogP contribution is 2.16. The van der Waals surface area contributed by atoms with Crippen molar-refractivity contribution in [3.63, 3.8) is 0 Å². The SMILES string of the molecule is CCCCCC/C=C\CCCCCCCCCC/C=C1/CCN=C1C. The maximum atomic E-state index is 4.46. The molecule has 1 nitrogen and oxygen atoms in total. The minimum atomic E-state index is 1.02. The first-order valence-corrected chi connectivity index (χ1v) is 11.2. The summed E-state index contributed by atoms with van der Waals surface area (Å²) in [6, 6.07) is 0. The second-order valence-corrected chi connectivity index (χ2v) is 7.67. The Kier molecular flexibility index (Phi) is 14.7. The van der Waals surface area contributed by atoms with E-state index in [-0.39, 0.29) is 0 Å². The van der Waals surface area contributed by atoms with Crippen LogP contribution in [0.15, 0.2) is 28.8 Å². The highest BCUT2D eigenvalue weighted by molar-refractivity contribution is 5.99.